The van der Waals surface area contributed by atoms with Crippen molar-refractivity contribution < 1.29 is 22.7 Å². The molecule has 2 unspecified atom stereocenters. The fourth-order valence-electron chi connectivity index (χ4n) is 2.78. The Morgan fingerprint density at radius 1 is 1.39 bits per heavy atom. The summed E-state index contributed by atoms with van der Waals surface area (Å²) in [6.45, 7) is 1.99. The Hall–Kier alpha value is -1.76. The summed E-state index contributed by atoms with van der Waals surface area (Å²) >= 11 is 0. The zero-order valence-corrected chi connectivity index (χ0v) is 13.2. The molecule has 2 atom stereocenters. The molecule has 1 fully saturated rings. The number of methoxy groups -OCH3 is 1. The number of likely N-dealkylation sites (tertiary alicyclic amines) is 1. The molecule has 0 saturated carbocycles. The van der Waals surface area contributed by atoms with E-state index >= 15 is 0 Å². The SMILES string of the molecule is COc1ccccc1NC(=O)C(C)N1CCCC(C(F)(F)F)C1. The van der Waals surface area contributed by atoms with Crippen molar-refractivity contribution in [3.05, 3.63) is 24.3 Å². The van der Waals surface area contributed by atoms with Crippen LogP contribution in [-0.2, 0) is 4.79 Å². The highest BCUT2D eigenvalue weighted by molar-refractivity contribution is 5.95. The number of alkyl halides is 3. The largest absolute Gasteiger partial charge is 0.495 e. The van der Waals surface area contributed by atoms with Crippen LogP contribution in [0.5, 0.6) is 5.75 Å². The van der Waals surface area contributed by atoms with Crippen molar-refractivity contribution in [1.82, 2.24) is 4.90 Å². The van der Waals surface area contributed by atoms with Crippen LogP contribution < -0.4 is 10.1 Å². The zero-order chi connectivity index (χ0) is 17.0. The summed E-state index contributed by atoms with van der Waals surface area (Å²) in [6, 6.07) is 6.30. The molecular weight excluding hydrogens is 309 g/mol. The quantitative estimate of drug-likeness (QED) is 0.921. The average Bonchev–Trinajstić information content (AvgIpc) is 2.54. The molecule has 1 amide bonds. The lowest BCUT2D eigenvalue weighted by Gasteiger charge is -2.36. The first-order valence-electron chi connectivity index (χ1n) is 7.57. The van der Waals surface area contributed by atoms with Gasteiger partial charge in [-0.25, -0.2) is 0 Å². The first kappa shape index (κ1) is 17.6. The number of hydrogen-bond acceptors (Lipinski definition) is 3. The van der Waals surface area contributed by atoms with E-state index in [9.17, 15) is 18.0 Å². The maximum absolute atomic E-state index is 12.9. The van der Waals surface area contributed by atoms with Gasteiger partial charge < -0.3 is 10.1 Å². The molecule has 1 aromatic rings. The van der Waals surface area contributed by atoms with E-state index in [1.807, 2.05) is 0 Å². The van der Waals surface area contributed by atoms with E-state index in [1.165, 1.54) is 7.11 Å². The van der Waals surface area contributed by atoms with Gasteiger partial charge in [-0.1, -0.05) is 12.1 Å². The van der Waals surface area contributed by atoms with Crippen molar-refractivity contribution in [2.75, 3.05) is 25.5 Å². The lowest BCUT2D eigenvalue weighted by molar-refractivity contribution is -0.188. The van der Waals surface area contributed by atoms with Gasteiger partial charge in [-0.3, -0.25) is 9.69 Å². The van der Waals surface area contributed by atoms with Crippen LogP contribution in [0.2, 0.25) is 0 Å². The number of nitrogens with zero attached hydrogens (tertiary/aromatic N) is 1. The summed E-state index contributed by atoms with van der Waals surface area (Å²) in [5, 5.41) is 2.73. The van der Waals surface area contributed by atoms with E-state index in [0.29, 0.717) is 24.4 Å². The Balaban J connectivity index is 2.02. The number of ether oxygens (including phenoxy) is 1. The van der Waals surface area contributed by atoms with E-state index in [-0.39, 0.29) is 18.9 Å². The van der Waals surface area contributed by atoms with Crippen LogP contribution in [0.4, 0.5) is 18.9 Å². The normalized spacial score (nSPS) is 20.8. The standard InChI is InChI=1S/C16H21F3N2O2/c1-11(21-9-5-6-12(10-21)16(17,18)19)15(22)20-13-7-3-4-8-14(13)23-2/h3-4,7-8,11-12H,5-6,9-10H2,1-2H3,(H,20,22). The van der Waals surface area contributed by atoms with Crippen molar-refractivity contribution in [1.29, 1.82) is 0 Å². The van der Waals surface area contributed by atoms with Crippen LogP contribution in [-0.4, -0.2) is 43.2 Å². The third kappa shape index (κ3) is 4.37. The molecular formula is C16H21F3N2O2. The highest BCUT2D eigenvalue weighted by Crippen LogP contribution is 2.34. The maximum Gasteiger partial charge on any atom is 0.393 e. The van der Waals surface area contributed by atoms with Crippen molar-refractivity contribution in [2.45, 2.75) is 32.0 Å². The van der Waals surface area contributed by atoms with E-state index in [0.717, 1.165) is 0 Å². The van der Waals surface area contributed by atoms with Gasteiger partial charge in [-0.15, -0.1) is 0 Å². The Labute approximate surface area is 133 Å². The van der Waals surface area contributed by atoms with Gasteiger partial charge in [-0.05, 0) is 38.4 Å². The number of hydrogen-bond donors (Lipinski definition) is 1. The molecule has 1 saturated heterocycles. The molecule has 2 rings (SSSR count). The number of piperidine rings is 1. The Morgan fingerprint density at radius 2 is 2.09 bits per heavy atom. The predicted molar refractivity (Wildman–Crippen MR) is 81.4 cm³/mol. The first-order valence-corrected chi connectivity index (χ1v) is 7.57. The summed E-state index contributed by atoms with van der Waals surface area (Å²) in [5.41, 5.74) is 0.510. The van der Waals surface area contributed by atoms with Crippen molar-refractivity contribution in [3.8, 4) is 5.75 Å². The van der Waals surface area contributed by atoms with E-state index in [4.69, 9.17) is 4.74 Å². The second kappa shape index (κ2) is 7.21. The molecule has 128 valence electrons. The molecule has 1 aliphatic rings. The van der Waals surface area contributed by atoms with E-state index in [1.54, 1.807) is 36.1 Å². The maximum atomic E-state index is 12.9. The molecule has 1 heterocycles. The first-order chi connectivity index (χ1) is 10.8. The second-order valence-electron chi connectivity index (χ2n) is 5.74. The molecule has 7 heteroatoms. The van der Waals surface area contributed by atoms with Crippen LogP contribution in [0, 0.1) is 5.92 Å². The van der Waals surface area contributed by atoms with Crippen molar-refractivity contribution >= 4 is 11.6 Å². The number of para-hydroxylation sites is 2. The predicted octanol–water partition coefficient (Wildman–Crippen LogP) is 3.30. The number of halogens is 3. The highest BCUT2D eigenvalue weighted by atomic mass is 19.4. The molecule has 4 nitrogen and oxygen atoms in total. The lowest BCUT2D eigenvalue weighted by atomic mass is 9.96. The number of rotatable bonds is 4. The van der Waals surface area contributed by atoms with Gasteiger partial charge in [0.1, 0.15) is 5.75 Å². The third-order valence-corrected chi connectivity index (χ3v) is 4.21. The fourth-order valence-corrected chi connectivity index (χ4v) is 2.78. The molecule has 0 aromatic heterocycles. The van der Waals surface area contributed by atoms with Gasteiger partial charge in [0.05, 0.1) is 24.8 Å². The minimum absolute atomic E-state index is 0.126. The third-order valence-electron chi connectivity index (χ3n) is 4.21. The van der Waals surface area contributed by atoms with Gasteiger partial charge in [0.25, 0.3) is 0 Å². The monoisotopic (exact) mass is 330 g/mol. The molecule has 0 aliphatic carbocycles. The lowest BCUT2D eigenvalue weighted by Crippen LogP contribution is -2.49. The molecule has 0 radical (unpaired) electrons. The van der Waals surface area contributed by atoms with E-state index in [2.05, 4.69) is 5.32 Å². The zero-order valence-electron chi connectivity index (χ0n) is 13.2. The van der Waals surface area contributed by atoms with Gasteiger partial charge >= 0.3 is 6.18 Å². The van der Waals surface area contributed by atoms with Gasteiger partial charge in [0.15, 0.2) is 0 Å². The van der Waals surface area contributed by atoms with Gasteiger partial charge in [-0.2, -0.15) is 13.2 Å². The summed E-state index contributed by atoms with van der Waals surface area (Å²) in [5.74, 6) is -1.19. The molecule has 23 heavy (non-hydrogen) atoms. The van der Waals surface area contributed by atoms with Crippen LogP contribution in [0.3, 0.4) is 0 Å². The van der Waals surface area contributed by atoms with Crippen molar-refractivity contribution in [3.63, 3.8) is 0 Å². The molecule has 1 aliphatic heterocycles. The van der Waals surface area contributed by atoms with E-state index < -0.39 is 18.1 Å². The molecule has 1 N–H and O–H groups in total. The molecule has 0 bridgehead atoms. The number of amides is 1. The number of carbonyl (C=O) groups excluding carboxylic acids is 1. The molecule has 1 aromatic carbocycles. The van der Waals surface area contributed by atoms with Gasteiger partial charge in [0, 0.05) is 6.54 Å². The van der Waals surface area contributed by atoms with Gasteiger partial charge in [0.2, 0.25) is 5.91 Å². The Kier molecular flexibility index (Phi) is 5.51. The minimum atomic E-state index is -4.21. The Morgan fingerprint density at radius 3 is 2.74 bits per heavy atom. The topological polar surface area (TPSA) is 41.6 Å². The Bertz CT molecular complexity index is 548. The number of carbonyl (C=O) groups is 1. The average molecular weight is 330 g/mol. The summed E-state index contributed by atoms with van der Waals surface area (Å²) in [6.07, 6.45) is -3.64. The van der Waals surface area contributed by atoms with Crippen LogP contribution in [0.15, 0.2) is 24.3 Å². The molecule has 0 spiro atoms. The van der Waals surface area contributed by atoms with Crippen LogP contribution >= 0.6 is 0 Å². The smallest absolute Gasteiger partial charge is 0.393 e. The second-order valence-corrected chi connectivity index (χ2v) is 5.74. The number of anilines is 1. The number of nitrogens with one attached hydrogen (secondary N) is 1. The summed E-state index contributed by atoms with van der Waals surface area (Å²) < 4.78 is 43.8. The van der Waals surface area contributed by atoms with Crippen LogP contribution in [0.1, 0.15) is 19.8 Å². The minimum Gasteiger partial charge on any atom is -0.495 e. The van der Waals surface area contributed by atoms with Crippen LogP contribution in [0.25, 0.3) is 0 Å². The fraction of sp³-hybridized carbons (Fsp3) is 0.562. The van der Waals surface area contributed by atoms with Crippen molar-refractivity contribution in [2.24, 2.45) is 5.92 Å². The summed E-state index contributed by atoms with van der Waals surface area (Å²) in [4.78, 5) is 13.9. The number of benzene rings is 1. The highest BCUT2D eigenvalue weighted by Gasteiger charge is 2.43. The summed E-state index contributed by atoms with van der Waals surface area (Å²) in [7, 11) is 1.49.